The molecule has 2 rings (SSSR count). The normalized spacial score (nSPS) is 11.1. The van der Waals surface area contributed by atoms with Gasteiger partial charge in [-0.25, -0.2) is 0 Å². The van der Waals surface area contributed by atoms with Crippen molar-refractivity contribution in [2.24, 2.45) is 0 Å². The Labute approximate surface area is 202 Å². The molecule has 0 radical (unpaired) electrons. The van der Waals surface area contributed by atoms with Gasteiger partial charge in [0.05, 0.1) is 0 Å². The summed E-state index contributed by atoms with van der Waals surface area (Å²) in [5, 5.41) is 11.6. The van der Waals surface area contributed by atoms with E-state index in [1.807, 2.05) is 0 Å². The molecule has 0 aliphatic heterocycles. The number of hydrogen-bond acceptors (Lipinski definition) is 4. The van der Waals surface area contributed by atoms with Crippen molar-refractivity contribution in [3.05, 3.63) is 48.0 Å². The number of aryl methyl sites for hydroxylation is 1. The first kappa shape index (κ1) is 27.0. The monoisotopic (exact) mass is 442 g/mol. The summed E-state index contributed by atoms with van der Waals surface area (Å²) >= 11 is 0. The maximum atomic E-state index is 11.8. The Morgan fingerprint density at radius 1 is 0.900 bits per heavy atom. The molecule has 30 heavy (non-hydrogen) atoms. The van der Waals surface area contributed by atoms with Crippen molar-refractivity contribution in [2.45, 2.75) is 76.0 Å². The van der Waals surface area contributed by atoms with Gasteiger partial charge in [-0.2, -0.15) is 8.42 Å². The van der Waals surface area contributed by atoms with Crippen molar-refractivity contribution in [2.75, 3.05) is 0 Å². The zero-order chi connectivity index (χ0) is 21.1. The molecule has 2 aromatic rings. The zero-order valence-electron chi connectivity index (χ0n) is 18.1. The molecule has 0 fully saturated rings. The SMILES string of the molecule is CCCCCCCCCCCc1cccc(S(=O)(=O)O)c1Oc1cccc([O-])c1.[Na+]. The summed E-state index contributed by atoms with van der Waals surface area (Å²) in [5.74, 6) is 0.120. The number of ether oxygens (including phenoxy) is 1. The molecule has 0 aliphatic carbocycles. The van der Waals surface area contributed by atoms with Gasteiger partial charge in [0.2, 0.25) is 0 Å². The van der Waals surface area contributed by atoms with Crippen LogP contribution in [0.15, 0.2) is 47.4 Å². The maximum Gasteiger partial charge on any atom is 1.00 e. The molecule has 0 unspecified atom stereocenters. The predicted octanol–water partition coefficient (Wildman–Crippen LogP) is 2.88. The number of unbranched alkanes of at least 4 members (excludes halogenated alkanes) is 8. The Morgan fingerprint density at radius 3 is 2.10 bits per heavy atom. The summed E-state index contributed by atoms with van der Waals surface area (Å²) in [5.41, 5.74) is 0.708. The molecule has 5 nitrogen and oxygen atoms in total. The van der Waals surface area contributed by atoms with Crippen LogP contribution in [0.5, 0.6) is 17.2 Å². The third-order valence-electron chi connectivity index (χ3n) is 4.91. The summed E-state index contributed by atoms with van der Waals surface area (Å²) in [4.78, 5) is -0.276. The minimum absolute atomic E-state index is 0. The molecule has 160 valence electrons. The van der Waals surface area contributed by atoms with Gasteiger partial charge in [-0.05, 0) is 36.6 Å². The standard InChI is InChI=1S/C23H32O5S.Na/c1-2-3-4-5-6-7-8-9-10-13-19-14-11-17-22(29(25,26)27)23(19)28-21-16-12-15-20(24)18-21;/h11-12,14-18,24H,2-10,13H2,1H3,(H,25,26,27);/q;+1/p-1. The van der Waals surface area contributed by atoms with Crippen molar-refractivity contribution in [3.8, 4) is 17.2 Å². The quantitative estimate of drug-likeness (QED) is 0.293. The maximum absolute atomic E-state index is 11.8. The van der Waals surface area contributed by atoms with Crippen molar-refractivity contribution in [1.82, 2.24) is 0 Å². The van der Waals surface area contributed by atoms with E-state index in [4.69, 9.17) is 4.74 Å². The molecule has 0 saturated carbocycles. The Hall–Kier alpha value is -1.05. The second-order valence-electron chi connectivity index (χ2n) is 7.37. The summed E-state index contributed by atoms with van der Waals surface area (Å²) in [6.07, 6.45) is 11.4. The predicted molar refractivity (Wildman–Crippen MR) is 113 cm³/mol. The summed E-state index contributed by atoms with van der Waals surface area (Å²) < 4.78 is 38.9. The first-order valence-electron chi connectivity index (χ1n) is 10.5. The zero-order valence-corrected chi connectivity index (χ0v) is 20.9. The van der Waals surface area contributed by atoms with Gasteiger partial charge in [0.25, 0.3) is 10.1 Å². The van der Waals surface area contributed by atoms with Crippen LogP contribution in [0.2, 0.25) is 0 Å². The molecule has 0 bridgehead atoms. The van der Waals surface area contributed by atoms with Crippen molar-refractivity contribution < 1.29 is 52.4 Å². The summed E-state index contributed by atoms with van der Waals surface area (Å²) in [6, 6.07) is 10.5. The van der Waals surface area contributed by atoms with Crippen molar-refractivity contribution in [1.29, 1.82) is 0 Å². The van der Waals surface area contributed by atoms with E-state index >= 15 is 0 Å². The van der Waals surface area contributed by atoms with E-state index in [2.05, 4.69) is 6.92 Å². The molecular weight excluding hydrogens is 411 g/mol. The van der Waals surface area contributed by atoms with Gasteiger partial charge in [-0.1, -0.05) is 82.6 Å². The van der Waals surface area contributed by atoms with E-state index in [1.54, 1.807) is 24.3 Å². The van der Waals surface area contributed by atoms with E-state index in [1.165, 1.54) is 56.7 Å². The number of rotatable bonds is 13. The first-order valence-corrected chi connectivity index (χ1v) is 11.9. The second kappa shape index (κ2) is 14.1. The molecule has 2 aromatic carbocycles. The van der Waals surface area contributed by atoms with Gasteiger partial charge in [0, 0.05) is 0 Å². The van der Waals surface area contributed by atoms with Crippen LogP contribution in [0.1, 0.15) is 70.3 Å². The number of hydrogen-bond donors (Lipinski definition) is 1. The average molecular weight is 443 g/mol. The van der Waals surface area contributed by atoms with Crippen LogP contribution in [0.4, 0.5) is 0 Å². The molecule has 0 heterocycles. The van der Waals surface area contributed by atoms with Crippen LogP contribution in [0.25, 0.3) is 0 Å². The topological polar surface area (TPSA) is 86.7 Å². The van der Waals surface area contributed by atoms with Crippen LogP contribution in [0.3, 0.4) is 0 Å². The van der Waals surface area contributed by atoms with E-state index < -0.39 is 10.1 Å². The number of para-hydroxylation sites is 1. The largest absolute Gasteiger partial charge is 1.00 e. The minimum atomic E-state index is -4.44. The van der Waals surface area contributed by atoms with Crippen LogP contribution >= 0.6 is 0 Å². The fourth-order valence-electron chi connectivity index (χ4n) is 3.36. The average Bonchev–Trinajstić information content (AvgIpc) is 2.67. The molecule has 1 N–H and O–H groups in total. The van der Waals surface area contributed by atoms with Crippen LogP contribution in [0, 0.1) is 0 Å². The van der Waals surface area contributed by atoms with Gasteiger partial charge in [0.15, 0.2) is 5.75 Å². The molecule has 0 aliphatic rings. The fraction of sp³-hybridized carbons (Fsp3) is 0.478. The number of benzene rings is 2. The fourth-order valence-corrected chi connectivity index (χ4v) is 4.02. The third-order valence-corrected chi connectivity index (χ3v) is 5.79. The van der Waals surface area contributed by atoms with Gasteiger partial charge < -0.3 is 9.84 Å². The van der Waals surface area contributed by atoms with E-state index in [-0.39, 0.29) is 51.7 Å². The molecule has 7 heteroatoms. The Morgan fingerprint density at radius 2 is 1.50 bits per heavy atom. The Kier molecular flexibility index (Phi) is 12.7. The summed E-state index contributed by atoms with van der Waals surface area (Å²) in [6.45, 7) is 2.21. The smallest absolute Gasteiger partial charge is 0.872 e. The van der Waals surface area contributed by atoms with Crippen molar-refractivity contribution in [3.63, 3.8) is 0 Å². The van der Waals surface area contributed by atoms with Gasteiger partial charge in [-0.15, -0.1) is 5.75 Å². The molecule has 0 spiro atoms. The van der Waals surface area contributed by atoms with Gasteiger partial charge in [-0.3, -0.25) is 4.55 Å². The second-order valence-corrected chi connectivity index (χ2v) is 8.76. The van der Waals surface area contributed by atoms with Gasteiger partial charge in [0.1, 0.15) is 10.6 Å². The van der Waals surface area contributed by atoms with E-state index in [0.29, 0.717) is 12.0 Å². The molecular formula is C23H31NaO5S. The van der Waals surface area contributed by atoms with Crippen LogP contribution in [-0.4, -0.2) is 13.0 Å². The first-order chi connectivity index (χ1) is 13.9. The molecule has 0 aromatic heterocycles. The van der Waals surface area contributed by atoms with Gasteiger partial charge >= 0.3 is 29.6 Å². The minimum Gasteiger partial charge on any atom is -0.872 e. The van der Waals surface area contributed by atoms with Crippen LogP contribution < -0.4 is 39.4 Å². The summed E-state index contributed by atoms with van der Waals surface area (Å²) in [7, 11) is -4.44. The Balaban J connectivity index is 0.00000450. The van der Waals surface area contributed by atoms with E-state index in [0.717, 1.165) is 19.3 Å². The van der Waals surface area contributed by atoms with E-state index in [9.17, 15) is 18.1 Å². The molecule has 0 atom stereocenters. The molecule has 0 saturated heterocycles. The van der Waals surface area contributed by atoms with Crippen molar-refractivity contribution >= 4 is 10.1 Å². The third kappa shape index (κ3) is 9.40. The van der Waals surface area contributed by atoms with Crippen LogP contribution in [-0.2, 0) is 16.5 Å². The Bertz CT molecular complexity index is 868. The molecule has 0 amide bonds.